The summed E-state index contributed by atoms with van der Waals surface area (Å²) in [4.78, 5) is 23.0. The number of rotatable bonds is 4. The zero-order valence-corrected chi connectivity index (χ0v) is 11.4. The van der Waals surface area contributed by atoms with Gasteiger partial charge in [-0.25, -0.2) is 4.79 Å². The van der Waals surface area contributed by atoms with Crippen LogP contribution in [0.25, 0.3) is 0 Å². The maximum Gasteiger partial charge on any atom is 0.315 e. The highest BCUT2D eigenvalue weighted by Gasteiger charge is 2.14. The molecular formula is C13H25N3O2. The number of amides is 3. The van der Waals surface area contributed by atoms with E-state index < -0.39 is 0 Å². The molecule has 5 nitrogen and oxygen atoms in total. The summed E-state index contributed by atoms with van der Waals surface area (Å²) in [6.07, 6.45) is 7.02. The van der Waals surface area contributed by atoms with Crippen LogP contribution in [0.5, 0.6) is 0 Å². The molecule has 0 spiro atoms. The van der Waals surface area contributed by atoms with Gasteiger partial charge in [0.1, 0.15) is 0 Å². The molecule has 0 bridgehead atoms. The normalized spacial score (nSPS) is 17.1. The van der Waals surface area contributed by atoms with Gasteiger partial charge in [0.15, 0.2) is 0 Å². The summed E-state index contributed by atoms with van der Waals surface area (Å²) in [5.74, 6) is -0.0965. The molecule has 104 valence electrons. The van der Waals surface area contributed by atoms with Gasteiger partial charge in [-0.05, 0) is 26.7 Å². The fourth-order valence-corrected chi connectivity index (χ4v) is 2.18. The molecule has 18 heavy (non-hydrogen) atoms. The first-order valence-electron chi connectivity index (χ1n) is 6.91. The first-order chi connectivity index (χ1) is 8.58. The maximum atomic E-state index is 11.7. The van der Waals surface area contributed by atoms with Gasteiger partial charge in [-0.3, -0.25) is 4.79 Å². The molecular weight excluding hydrogens is 230 g/mol. The molecule has 0 saturated heterocycles. The first kappa shape index (κ1) is 14.8. The maximum absolute atomic E-state index is 11.7. The van der Waals surface area contributed by atoms with Crippen LogP contribution in [0.15, 0.2) is 0 Å². The number of hydrogen-bond acceptors (Lipinski definition) is 2. The van der Waals surface area contributed by atoms with E-state index in [9.17, 15) is 9.59 Å². The van der Waals surface area contributed by atoms with Crippen molar-refractivity contribution in [2.75, 3.05) is 6.54 Å². The van der Waals surface area contributed by atoms with Crippen LogP contribution in [-0.2, 0) is 4.79 Å². The number of urea groups is 1. The van der Waals surface area contributed by atoms with Crippen LogP contribution in [-0.4, -0.2) is 30.6 Å². The zero-order valence-electron chi connectivity index (χ0n) is 11.4. The van der Waals surface area contributed by atoms with Crippen LogP contribution in [0.4, 0.5) is 4.79 Å². The second-order valence-electron chi connectivity index (χ2n) is 5.24. The minimum Gasteiger partial charge on any atom is -0.352 e. The Bertz CT molecular complexity index is 271. The van der Waals surface area contributed by atoms with Crippen LogP contribution in [0.3, 0.4) is 0 Å². The summed E-state index contributed by atoms with van der Waals surface area (Å²) in [7, 11) is 0. The van der Waals surface area contributed by atoms with Crippen LogP contribution in [0.1, 0.15) is 52.4 Å². The Morgan fingerprint density at radius 2 is 1.72 bits per heavy atom. The standard InChI is InChI=1S/C13H25N3O2/c1-10(2)15-13(18)14-9-12(17)16-11-7-5-3-4-6-8-11/h10-11H,3-9H2,1-2H3,(H,16,17)(H2,14,15,18). The Kier molecular flexibility index (Phi) is 6.54. The Labute approximate surface area is 109 Å². The largest absolute Gasteiger partial charge is 0.352 e. The van der Waals surface area contributed by atoms with E-state index in [1.54, 1.807) is 0 Å². The van der Waals surface area contributed by atoms with Crippen LogP contribution < -0.4 is 16.0 Å². The van der Waals surface area contributed by atoms with E-state index >= 15 is 0 Å². The van der Waals surface area contributed by atoms with Crippen molar-refractivity contribution in [2.24, 2.45) is 0 Å². The second kappa shape index (κ2) is 7.95. The van der Waals surface area contributed by atoms with Gasteiger partial charge in [0.25, 0.3) is 0 Å². The molecule has 0 aromatic carbocycles. The monoisotopic (exact) mass is 255 g/mol. The van der Waals surface area contributed by atoms with Crippen molar-refractivity contribution >= 4 is 11.9 Å². The lowest BCUT2D eigenvalue weighted by atomic mass is 10.1. The summed E-state index contributed by atoms with van der Waals surface area (Å²) < 4.78 is 0. The first-order valence-corrected chi connectivity index (χ1v) is 6.91. The Morgan fingerprint density at radius 3 is 2.28 bits per heavy atom. The topological polar surface area (TPSA) is 70.2 Å². The predicted molar refractivity (Wildman–Crippen MR) is 71.3 cm³/mol. The van der Waals surface area contributed by atoms with Gasteiger partial charge in [0.05, 0.1) is 6.54 Å². The fraction of sp³-hybridized carbons (Fsp3) is 0.846. The SMILES string of the molecule is CC(C)NC(=O)NCC(=O)NC1CCCCCC1. The molecule has 3 amide bonds. The van der Waals surface area contributed by atoms with Crippen LogP contribution >= 0.6 is 0 Å². The van der Waals surface area contributed by atoms with Crippen LogP contribution in [0.2, 0.25) is 0 Å². The van der Waals surface area contributed by atoms with E-state index in [2.05, 4.69) is 16.0 Å². The third kappa shape index (κ3) is 6.47. The van der Waals surface area contributed by atoms with Gasteiger partial charge in [-0.2, -0.15) is 0 Å². The van der Waals surface area contributed by atoms with Gasteiger partial charge in [-0.15, -0.1) is 0 Å². The van der Waals surface area contributed by atoms with Crippen LogP contribution in [0, 0.1) is 0 Å². The van der Waals surface area contributed by atoms with E-state index in [4.69, 9.17) is 0 Å². The average molecular weight is 255 g/mol. The lowest BCUT2D eigenvalue weighted by Crippen LogP contribution is -2.46. The molecule has 1 rings (SSSR count). The van der Waals surface area contributed by atoms with Gasteiger partial charge in [0.2, 0.25) is 5.91 Å². The highest BCUT2D eigenvalue weighted by atomic mass is 16.2. The summed E-state index contributed by atoms with van der Waals surface area (Å²) >= 11 is 0. The summed E-state index contributed by atoms with van der Waals surface area (Å²) in [6.45, 7) is 3.81. The smallest absolute Gasteiger partial charge is 0.315 e. The number of nitrogens with one attached hydrogen (secondary N) is 3. The highest BCUT2D eigenvalue weighted by Crippen LogP contribution is 2.16. The molecule has 1 saturated carbocycles. The molecule has 0 unspecified atom stereocenters. The minimum atomic E-state index is -0.291. The van der Waals surface area contributed by atoms with Crippen molar-refractivity contribution in [1.82, 2.24) is 16.0 Å². The van der Waals surface area contributed by atoms with Crippen molar-refractivity contribution < 1.29 is 9.59 Å². The highest BCUT2D eigenvalue weighted by molar-refractivity contribution is 5.84. The van der Waals surface area contributed by atoms with Gasteiger partial charge in [0, 0.05) is 12.1 Å². The van der Waals surface area contributed by atoms with E-state index in [1.165, 1.54) is 25.7 Å². The van der Waals surface area contributed by atoms with Crippen molar-refractivity contribution in [3.05, 3.63) is 0 Å². The molecule has 1 fully saturated rings. The molecule has 0 aromatic heterocycles. The third-order valence-corrected chi connectivity index (χ3v) is 3.05. The van der Waals surface area contributed by atoms with Crippen molar-refractivity contribution in [1.29, 1.82) is 0 Å². The van der Waals surface area contributed by atoms with Crippen molar-refractivity contribution in [3.63, 3.8) is 0 Å². The van der Waals surface area contributed by atoms with E-state index in [0.717, 1.165) is 12.8 Å². The van der Waals surface area contributed by atoms with Gasteiger partial charge < -0.3 is 16.0 Å². The molecule has 0 radical (unpaired) electrons. The molecule has 0 aliphatic heterocycles. The molecule has 0 heterocycles. The summed E-state index contributed by atoms with van der Waals surface area (Å²) in [5, 5.41) is 8.22. The number of carbonyl (C=O) groups excluding carboxylic acids is 2. The van der Waals surface area contributed by atoms with Crippen molar-refractivity contribution in [3.8, 4) is 0 Å². The molecule has 0 atom stereocenters. The second-order valence-corrected chi connectivity index (χ2v) is 5.24. The number of hydrogen-bond donors (Lipinski definition) is 3. The molecule has 3 N–H and O–H groups in total. The fourth-order valence-electron chi connectivity index (χ4n) is 2.18. The molecule has 0 aromatic rings. The quantitative estimate of drug-likeness (QED) is 0.667. The third-order valence-electron chi connectivity index (χ3n) is 3.05. The average Bonchev–Trinajstić information content (AvgIpc) is 2.54. The molecule has 1 aliphatic rings. The minimum absolute atomic E-state index is 0.0506. The molecule has 1 aliphatic carbocycles. The summed E-state index contributed by atoms with van der Waals surface area (Å²) in [6, 6.07) is 0.0749. The van der Waals surface area contributed by atoms with E-state index in [-0.39, 0.29) is 30.6 Å². The molecule has 5 heteroatoms. The summed E-state index contributed by atoms with van der Waals surface area (Å²) in [5.41, 5.74) is 0. The Morgan fingerprint density at radius 1 is 1.11 bits per heavy atom. The van der Waals surface area contributed by atoms with Gasteiger partial charge >= 0.3 is 6.03 Å². The zero-order chi connectivity index (χ0) is 13.4. The van der Waals surface area contributed by atoms with E-state index in [0.29, 0.717) is 0 Å². The van der Waals surface area contributed by atoms with E-state index in [1.807, 2.05) is 13.8 Å². The lowest BCUT2D eigenvalue weighted by Gasteiger charge is -2.16. The number of carbonyl (C=O) groups is 2. The predicted octanol–water partition coefficient (Wildman–Crippen LogP) is 1.53. The van der Waals surface area contributed by atoms with Gasteiger partial charge in [-0.1, -0.05) is 25.7 Å². The Balaban J connectivity index is 2.18. The van der Waals surface area contributed by atoms with Crippen molar-refractivity contribution in [2.45, 2.75) is 64.5 Å². The Hall–Kier alpha value is -1.26. The lowest BCUT2D eigenvalue weighted by molar-refractivity contribution is -0.120.